The number of unbranched alkanes of at least 4 members (excludes halogenated alkanes) is 1. The number of hydrogen-bond donors (Lipinski definition) is 5. The topological polar surface area (TPSA) is 171 Å². The van der Waals surface area contributed by atoms with Crippen molar-refractivity contribution in [3.8, 4) is 0 Å². The average Bonchev–Trinajstić information content (AvgIpc) is 3.20. The molecule has 0 unspecified atom stereocenters. The second-order valence-electron chi connectivity index (χ2n) is 10.5. The summed E-state index contributed by atoms with van der Waals surface area (Å²) < 4.78 is 38.1. The highest BCUT2D eigenvalue weighted by atomic mass is 32.2. The molecular weight excluding hydrogens is 490 g/mol. The molecule has 2 aliphatic rings. The van der Waals surface area contributed by atoms with Gasteiger partial charge in [0, 0.05) is 12.5 Å². The molecule has 208 valence electrons. The quantitative estimate of drug-likeness (QED) is 0.224. The zero-order valence-electron chi connectivity index (χ0n) is 21.6. The van der Waals surface area contributed by atoms with Crippen LogP contribution in [0.5, 0.6) is 0 Å². The van der Waals surface area contributed by atoms with Gasteiger partial charge >= 0.3 is 6.09 Å². The molecule has 3 amide bonds. The molecule has 36 heavy (non-hydrogen) atoms. The number of amides is 3. The highest BCUT2D eigenvalue weighted by Gasteiger charge is 2.38. The van der Waals surface area contributed by atoms with Gasteiger partial charge in [-0.25, -0.2) is 4.79 Å². The third-order valence-electron chi connectivity index (χ3n) is 7.03. The van der Waals surface area contributed by atoms with Crippen LogP contribution in [-0.4, -0.2) is 66.2 Å². The van der Waals surface area contributed by atoms with E-state index in [1.165, 1.54) is 12.8 Å². The fourth-order valence-electron chi connectivity index (χ4n) is 4.98. The summed E-state index contributed by atoms with van der Waals surface area (Å²) in [6, 6.07) is -2.49. The van der Waals surface area contributed by atoms with Crippen molar-refractivity contribution in [2.75, 3.05) is 6.54 Å². The molecule has 11 nitrogen and oxygen atoms in total. The Bertz CT molecular complexity index is 842. The van der Waals surface area contributed by atoms with Crippen LogP contribution in [0.4, 0.5) is 4.79 Å². The Hall–Kier alpha value is -1.92. The third kappa shape index (κ3) is 9.85. The molecule has 0 radical (unpaired) electrons. The molecule has 0 aromatic rings. The minimum atomic E-state index is -4.91. The fraction of sp³-hybridized carbons (Fsp3) is 0.875. The van der Waals surface area contributed by atoms with Gasteiger partial charge in [0.05, 0.1) is 6.04 Å². The Balaban J connectivity index is 2.00. The zero-order valence-corrected chi connectivity index (χ0v) is 22.4. The molecule has 1 saturated carbocycles. The summed E-state index contributed by atoms with van der Waals surface area (Å²) >= 11 is 0. The smallest absolute Gasteiger partial charge is 0.408 e. The van der Waals surface area contributed by atoms with Gasteiger partial charge in [-0.05, 0) is 56.8 Å². The van der Waals surface area contributed by atoms with Crippen molar-refractivity contribution >= 4 is 28.0 Å². The summed E-state index contributed by atoms with van der Waals surface area (Å²) in [7, 11) is -4.91. The third-order valence-corrected chi connectivity index (χ3v) is 7.97. The van der Waals surface area contributed by atoms with E-state index in [1.54, 1.807) is 0 Å². The van der Waals surface area contributed by atoms with E-state index in [9.17, 15) is 32.5 Å². The molecule has 1 heterocycles. The van der Waals surface area contributed by atoms with Gasteiger partial charge in [0.25, 0.3) is 10.1 Å². The number of aliphatic hydroxyl groups excluding tert-OH is 1. The van der Waals surface area contributed by atoms with E-state index in [-0.39, 0.29) is 30.8 Å². The number of carbonyl (C=O) groups excluding carboxylic acids is 3. The lowest BCUT2D eigenvalue weighted by Crippen LogP contribution is -2.55. The van der Waals surface area contributed by atoms with Crippen molar-refractivity contribution in [1.82, 2.24) is 16.0 Å². The Labute approximate surface area is 214 Å². The van der Waals surface area contributed by atoms with E-state index in [0.29, 0.717) is 18.9 Å². The number of carbonyl (C=O) groups is 3. The van der Waals surface area contributed by atoms with Gasteiger partial charge in [-0.2, -0.15) is 8.42 Å². The standard InChI is InChI=1S/C24H43N3O8S/c1-4-5-6-16-7-9-18(10-8-16)35-24(31)27-19(13-15(2)3)22(29)26-20(23(30)36(32,33)34)14-17-11-12-25-21(17)28/h15-20,23,30H,4-14H2,1-3H3,(H,25,28)(H,26,29)(H,27,31)(H,32,33,34)/t16?,17-,18?,19-,20-,23-/m0/s1. The number of nitrogens with one attached hydrogen (secondary N) is 3. The van der Waals surface area contributed by atoms with Crippen LogP contribution in [-0.2, 0) is 24.4 Å². The van der Waals surface area contributed by atoms with E-state index in [2.05, 4.69) is 22.9 Å². The van der Waals surface area contributed by atoms with E-state index < -0.39 is 45.6 Å². The lowest BCUT2D eigenvalue weighted by atomic mass is 9.84. The molecule has 2 rings (SSSR count). The number of aliphatic hydroxyl groups is 1. The summed E-state index contributed by atoms with van der Waals surface area (Å²) in [6.07, 6.45) is 6.60. The van der Waals surface area contributed by atoms with Crippen molar-refractivity contribution in [2.24, 2.45) is 17.8 Å². The van der Waals surface area contributed by atoms with Gasteiger partial charge in [0.2, 0.25) is 17.3 Å². The Kier molecular flexibility index (Phi) is 11.9. The van der Waals surface area contributed by atoms with Gasteiger partial charge < -0.3 is 25.8 Å². The normalized spacial score (nSPS) is 25.1. The molecule has 2 fully saturated rings. The van der Waals surface area contributed by atoms with Crippen molar-refractivity contribution in [1.29, 1.82) is 0 Å². The Morgan fingerprint density at radius 1 is 1.14 bits per heavy atom. The van der Waals surface area contributed by atoms with Gasteiger partial charge in [-0.1, -0.05) is 40.0 Å². The first-order chi connectivity index (χ1) is 16.9. The monoisotopic (exact) mass is 533 g/mol. The number of hydrogen-bond acceptors (Lipinski definition) is 7. The molecular formula is C24H43N3O8S. The van der Waals surface area contributed by atoms with E-state index in [0.717, 1.165) is 32.1 Å². The number of ether oxygens (including phenoxy) is 1. The first kappa shape index (κ1) is 30.3. The molecule has 0 aromatic heterocycles. The van der Waals surface area contributed by atoms with Gasteiger partial charge in [-0.3, -0.25) is 14.1 Å². The van der Waals surface area contributed by atoms with E-state index in [4.69, 9.17) is 4.74 Å². The largest absolute Gasteiger partial charge is 0.446 e. The first-order valence-electron chi connectivity index (χ1n) is 13.1. The molecule has 12 heteroatoms. The molecule has 5 N–H and O–H groups in total. The fourth-order valence-corrected chi connectivity index (χ4v) is 5.57. The summed E-state index contributed by atoms with van der Waals surface area (Å²) in [4.78, 5) is 37.7. The summed E-state index contributed by atoms with van der Waals surface area (Å²) in [5, 5.41) is 17.8. The van der Waals surface area contributed by atoms with Crippen LogP contribution in [0.25, 0.3) is 0 Å². The Morgan fingerprint density at radius 2 is 1.81 bits per heavy atom. The predicted molar refractivity (Wildman–Crippen MR) is 133 cm³/mol. The lowest BCUT2D eigenvalue weighted by Gasteiger charge is -2.30. The van der Waals surface area contributed by atoms with Crippen LogP contribution in [0.3, 0.4) is 0 Å². The molecule has 1 aliphatic heterocycles. The maximum atomic E-state index is 13.1. The molecule has 0 bridgehead atoms. The van der Waals surface area contributed by atoms with Crippen LogP contribution in [0.2, 0.25) is 0 Å². The van der Waals surface area contributed by atoms with Crippen LogP contribution in [0, 0.1) is 17.8 Å². The van der Waals surface area contributed by atoms with Crippen molar-refractivity contribution in [3.05, 3.63) is 0 Å². The summed E-state index contributed by atoms with van der Waals surface area (Å²) in [6.45, 7) is 6.28. The average molecular weight is 534 g/mol. The Morgan fingerprint density at radius 3 is 2.33 bits per heavy atom. The number of alkyl carbamates (subject to hydrolysis) is 1. The van der Waals surface area contributed by atoms with E-state index in [1.807, 2.05) is 13.8 Å². The van der Waals surface area contributed by atoms with Crippen LogP contribution in [0.1, 0.15) is 85.0 Å². The maximum Gasteiger partial charge on any atom is 0.408 e. The maximum absolute atomic E-state index is 13.1. The van der Waals surface area contributed by atoms with Crippen LogP contribution < -0.4 is 16.0 Å². The van der Waals surface area contributed by atoms with Crippen molar-refractivity contribution in [3.63, 3.8) is 0 Å². The zero-order chi connectivity index (χ0) is 26.9. The second-order valence-corrected chi connectivity index (χ2v) is 12.1. The molecule has 0 aromatic carbocycles. The van der Waals surface area contributed by atoms with E-state index >= 15 is 0 Å². The highest BCUT2D eigenvalue weighted by molar-refractivity contribution is 7.86. The van der Waals surface area contributed by atoms with Crippen LogP contribution >= 0.6 is 0 Å². The SMILES string of the molecule is CCCCC1CCC(OC(=O)N[C@@H](CC(C)C)C(=O)N[C@@H](C[C@@H]2CCNC2=O)[C@@H](O)S(=O)(=O)O)CC1. The molecule has 1 saturated heterocycles. The second kappa shape index (κ2) is 14.1. The van der Waals surface area contributed by atoms with Gasteiger partial charge in [0.1, 0.15) is 12.1 Å². The molecule has 0 spiro atoms. The highest BCUT2D eigenvalue weighted by Crippen LogP contribution is 2.30. The van der Waals surface area contributed by atoms with Gasteiger partial charge in [-0.15, -0.1) is 0 Å². The predicted octanol–water partition coefficient (Wildman–Crippen LogP) is 2.09. The minimum absolute atomic E-state index is 0.000567. The summed E-state index contributed by atoms with van der Waals surface area (Å²) in [5.74, 6) is -1.02. The summed E-state index contributed by atoms with van der Waals surface area (Å²) in [5.41, 5.74) is -2.32. The van der Waals surface area contributed by atoms with Crippen molar-refractivity contribution in [2.45, 2.75) is 109 Å². The molecule has 4 atom stereocenters. The van der Waals surface area contributed by atoms with Crippen LogP contribution in [0.15, 0.2) is 0 Å². The first-order valence-corrected chi connectivity index (χ1v) is 14.6. The number of rotatable bonds is 13. The lowest BCUT2D eigenvalue weighted by molar-refractivity contribution is -0.126. The minimum Gasteiger partial charge on any atom is -0.446 e. The van der Waals surface area contributed by atoms with Gasteiger partial charge in [0.15, 0.2) is 0 Å². The van der Waals surface area contributed by atoms with Crippen molar-refractivity contribution < 1.29 is 37.2 Å². The molecule has 1 aliphatic carbocycles.